The van der Waals surface area contributed by atoms with E-state index in [4.69, 9.17) is 34.8 Å². The fourth-order valence-electron chi connectivity index (χ4n) is 2.36. The maximum absolute atomic E-state index is 12.6. The number of hydrogen-bond donors (Lipinski definition) is 1. The summed E-state index contributed by atoms with van der Waals surface area (Å²) >= 11 is 19.6. The maximum atomic E-state index is 12.6. The summed E-state index contributed by atoms with van der Waals surface area (Å²) in [5, 5.41) is 12.2. The summed E-state index contributed by atoms with van der Waals surface area (Å²) in [6.45, 7) is 1.07. The van der Waals surface area contributed by atoms with Crippen LogP contribution in [0.3, 0.4) is 0 Å². The third-order valence-electron chi connectivity index (χ3n) is 3.45. The minimum Gasteiger partial charge on any atom is -0.505 e. The number of carbonyl (C=O) groups excluding carboxylic acids is 1. The van der Waals surface area contributed by atoms with Crippen molar-refractivity contribution in [1.82, 2.24) is 4.90 Å². The molecule has 3 rings (SSSR count). The number of amides is 1. The lowest BCUT2D eigenvalue weighted by atomic mass is 10.1. The molecule has 7 heteroatoms. The molecule has 2 aromatic rings. The Kier molecular flexibility index (Phi) is 4.06. The van der Waals surface area contributed by atoms with Crippen LogP contribution >= 0.6 is 46.1 Å². The van der Waals surface area contributed by atoms with Crippen molar-refractivity contribution in [3.8, 4) is 5.75 Å². The Morgan fingerprint density at radius 1 is 1.29 bits per heavy atom. The average Bonchev–Trinajstić information content (AvgIpc) is 2.92. The topological polar surface area (TPSA) is 40.5 Å². The van der Waals surface area contributed by atoms with Gasteiger partial charge in [-0.1, -0.05) is 34.8 Å². The van der Waals surface area contributed by atoms with Crippen molar-refractivity contribution >= 4 is 52.0 Å². The highest BCUT2D eigenvalue weighted by atomic mass is 35.5. The van der Waals surface area contributed by atoms with E-state index < -0.39 is 0 Å². The van der Waals surface area contributed by atoms with E-state index >= 15 is 0 Å². The minimum absolute atomic E-state index is 0.0148. The quantitative estimate of drug-likeness (QED) is 0.752. The van der Waals surface area contributed by atoms with E-state index in [1.807, 2.05) is 11.4 Å². The number of hydrogen-bond acceptors (Lipinski definition) is 3. The SMILES string of the molecule is O=C(c1c(O)c(Cl)cc(Cl)c1Cl)N1CCc2sccc2C1. The van der Waals surface area contributed by atoms with Gasteiger partial charge in [-0.05, 0) is 29.5 Å². The van der Waals surface area contributed by atoms with Crippen LogP contribution in [0.15, 0.2) is 17.5 Å². The predicted molar refractivity (Wildman–Crippen MR) is 85.9 cm³/mol. The number of phenols is 1. The van der Waals surface area contributed by atoms with Crippen LogP contribution in [0.5, 0.6) is 5.75 Å². The summed E-state index contributed by atoms with van der Waals surface area (Å²) in [7, 11) is 0. The van der Waals surface area contributed by atoms with Crippen LogP contribution in [-0.2, 0) is 13.0 Å². The van der Waals surface area contributed by atoms with Gasteiger partial charge in [-0.2, -0.15) is 0 Å². The van der Waals surface area contributed by atoms with Crippen molar-refractivity contribution in [3.63, 3.8) is 0 Å². The van der Waals surface area contributed by atoms with Gasteiger partial charge in [0, 0.05) is 18.0 Å². The van der Waals surface area contributed by atoms with Gasteiger partial charge in [-0.25, -0.2) is 0 Å². The standard InChI is InChI=1S/C14H10Cl3NO2S/c15-8-5-9(16)13(19)11(12(8)17)14(20)18-3-1-10-7(6-18)2-4-21-10/h2,4-5,19H,1,3,6H2. The molecular weight excluding hydrogens is 353 g/mol. The zero-order valence-electron chi connectivity index (χ0n) is 10.7. The highest BCUT2D eigenvalue weighted by molar-refractivity contribution is 7.10. The number of halogens is 3. The Morgan fingerprint density at radius 2 is 2.05 bits per heavy atom. The Bertz CT molecular complexity index is 703. The van der Waals surface area contributed by atoms with E-state index in [1.165, 1.54) is 10.9 Å². The van der Waals surface area contributed by atoms with Crippen molar-refractivity contribution in [1.29, 1.82) is 0 Å². The zero-order chi connectivity index (χ0) is 15.1. The first-order chi connectivity index (χ1) is 9.99. The van der Waals surface area contributed by atoms with Gasteiger partial charge in [-0.3, -0.25) is 4.79 Å². The first-order valence-electron chi connectivity index (χ1n) is 6.20. The molecule has 0 spiro atoms. The van der Waals surface area contributed by atoms with Crippen LogP contribution in [-0.4, -0.2) is 22.5 Å². The molecular formula is C14H10Cl3NO2S. The van der Waals surface area contributed by atoms with Gasteiger partial charge < -0.3 is 10.0 Å². The summed E-state index contributed by atoms with van der Waals surface area (Å²) in [4.78, 5) is 15.6. The Labute approximate surface area is 140 Å². The third kappa shape index (κ3) is 2.61. The molecule has 0 atom stereocenters. The maximum Gasteiger partial charge on any atom is 0.259 e. The number of fused-ring (bicyclic) bond motifs is 1. The molecule has 0 saturated carbocycles. The molecule has 0 saturated heterocycles. The largest absolute Gasteiger partial charge is 0.505 e. The lowest BCUT2D eigenvalue weighted by Gasteiger charge is -2.27. The Morgan fingerprint density at radius 3 is 2.81 bits per heavy atom. The second kappa shape index (κ2) is 5.69. The van der Waals surface area contributed by atoms with Gasteiger partial charge in [0.25, 0.3) is 5.91 Å². The molecule has 1 aromatic heterocycles. The smallest absolute Gasteiger partial charge is 0.259 e. The number of thiophene rings is 1. The summed E-state index contributed by atoms with van der Waals surface area (Å²) in [5.41, 5.74) is 1.09. The van der Waals surface area contributed by atoms with Crippen LogP contribution in [0, 0.1) is 0 Å². The Balaban J connectivity index is 1.97. The molecule has 0 fully saturated rings. The fraction of sp³-hybridized carbons (Fsp3) is 0.214. The summed E-state index contributed by atoms with van der Waals surface area (Å²) in [5.74, 6) is -0.689. The van der Waals surface area contributed by atoms with E-state index in [-0.39, 0.29) is 32.3 Å². The van der Waals surface area contributed by atoms with E-state index in [2.05, 4.69) is 0 Å². The van der Waals surface area contributed by atoms with Crippen molar-refractivity contribution in [2.75, 3.05) is 6.54 Å². The molecule has 110 valence electrons. The second-order valence-corrected chi connectivity index (χ2v) is 6.92. The molecule has 21 heavy (non-hydrogen) atoms. The van der Waals surface area contributed by atoms with Crippen molar-refractivity contribution in [2.45, 2.75) is 13.0 Å². The number of phenolic OH excluding ortho intramolecular Hbond substituents is 1. The first-order valence-corrected chi connectivity index (χ1v) is 8.21. The van der Waals surface area contributed by atoms with Crippen LogP contribution in [0.1, 0.15) is 20.8 Å². The normalized spacial score (nSPS) is 14.1. The molecule has 0 radical (unpaired) electrons. The summed E-state index contributed by atoms with van der Waals surface area (Å²) < 4.78 is 0. The average molecular weight is 363 g/mol. The van der Waals surface area contributed by atoms with Crippen LogP contribution in [0.4, 0.5) is 0 Å². The van der Waals surface area contributed by atoms with E-state index in [9.17, 15) is 9.90 Å². The molecule has 1 amide bonds. The number of benzene rings is 1. The van der Waals surface area contributed by atoms with Gasteiger partial charge in [-0.15, -0.1) is 11.3 Å². The highest BCUT2D eigenvalue weighted by Crippen LogP contribution is 2.39. The predicted octanol–water partition coefficient (Wildman–Crippen LogP) is 4.61. The highest BCUT2D eigenvalue weighted by Gasteiger charge is 2.28. The zero-order valence-corrected chi connectivity index (χ0v) is 13.8. The number of nitrogens with zero attached hydrogens (tertiary/aromatic N) is 1. The molecule has 0 unspecified atom stereocenters. The molecule has 0 aliphatic carbocycles. The monoisotopic (exact) mass is 361 g/mol. The Hall–Kier alpha value is -0.940. The molecule has 1 aromatic carbocycles. The van der Waals surface area contributed by atoms with Gasteiger partial charge in [0.15, 0.2) is 0 Å². The van der Waals surface area contributed by atoms with Crippen molar-refractivity contribution in [2.24, 2.45) is 0 Å². The lowest BCUT2D eigenvalue weighted by Crippen LogP contribution is -2.35. The van der Waals surface area contributed by atoms with Gasteiger partial charge in [0.05, 0.1) is 15.1 Å². The number of rotatable bonds is 1. The van der Waals surface area contributed by atoms with E-state index in [1.54, 1.807) is 16.2 Å². The molecule has 0 bridgehead atoms. The van der Waals surface area contributed by atoms with Gasteiger partial charge in [0.1, 0.15) is 11.3 Å². The second-order valence-electron chi connectivity index (χ2n) is 4.72. The van der Waals surface area contributed by atoms with Gasteiger partial charge in [0.2, 0.25) is 0 Å². The van der Waals surface area contributed by atoms with Crippen LogP contribution in [0.25, 0.3) is 0 Å². The summed E-state index contributed by atoms with van der Waals surface area (Å²) in [6.07, 6.45) is 0.797. The number of carbonyl (C=O) groups is 1. The summed E-state index contributed by atoms with van der Waals surface area (Å²) in [6, 6.07) is 3.33. The molecule has 2 heterocycles. The van der Waals surface area contributed by atoms with Crippen molar-refractivity contribution < 1.29 is 9.90 Å². The number of aromatic hydroxyl groups is 1. The fourth-order valence-corrected chi connectivity index (χ4v) is 3.94. The minimum atomic E-state index is -0.362. The first kappa shape index (κ1) is 15.0. The molecule has 1 N–H and O–H groups in total. The lowest BCUT2D eigenvalue weighted by molar-refractivity contribution is 0.0733. The third-order valence-corrected chi connectivity index (χ3v) is 5.55. The van der Waals surface area contributed by atoms with E-state index in [0.717, 1.165) is 12.0 Å². The molecule has 3 nitrogen and oxygen atoms in total. The molecule has 1 aliphatic heterocycles. The van der Waals surface area contributed by atoms with Gasteiger partial charge >= 0.3 is 0 Å². The van der Waals surface area contributed by atoms with Crippen LogP contribution in [0.2, 0.25) is 15.1 Å². The van der Waals surface area contributed by atoms with Crippen LogP contribution < -0.4 is 0 Å². The van der Waals surface area contributed by atoms with E-state index in [0.29, 0.717) is 13.1 Å². The van der Waals surface area contributed by atoms with Crippen molar-refractivity contribution in [3.05, 3.63) is 48.6 Å². The molecule has 1 aliphatic rings.